The molecule has 1 fully saturated rings. The molecule has 1 saturated carbocycles. The molecule has 0 radical (unpaired) electrons. The highest BCUT2D eigenvalue weighted by molar-refractivity contribution is 6.02. The predicted octanol–water partition coefficient (Wildman–Crippen LogP) is 3.44. The van der Waals surface area contributed by atoms with Gasteiger partial charge >= 0.3 is 11.9 Å². The fraction of sp³-hybridized carbons (Fsp3) is 0.444. The van der Waals surface area contributed by atoms with E-state index in [-0.39, 0.29) is 19.6 Å². The summed E-state index contributed by atoms with van der Waals surface area (Å²) >= 11 is 0. The van der Waals surface area contributed by atoms with Gasteiger partial charge in [-0.3, -0.25) is 14.4 Å². The maximum absolute atomic E-state index is 13.0. The highest BCUT2D eigenvalue weighted by atomic mass is 16.5. The van der Waals surface area contributed by atoms with Gasteiger partial charge in [0.05, 0.1) is 31.8 Å². The van der Waals surface area contributed by atoms with Crippen LogP contribution in [0.2, 0.25) is 0 Å². The molecular weight excluding hydrogens is 452 g/mol. The Labute approximate surface area is 205 Å². The number of carbonyl (C=O) groups is 3. The number of esters is 2. The molecule has 8 nitrogen and oxygen atoms in total. The Bertz CT molecular complexity index is 1050. The van der Waals surface area contributed by atoms with E-state index in [9.17, 15) is 19.5 Å². The van der Waals surface area contributed by atoms with Gasteiger partial charge in [-0.05, 0) is 44.0 Å². The molecule has 1 aliphatic rings. The van der Waals surface area contributed by atoms with E-state index in [1.807, 2.05) is 30.3 Å². The minimum atomic E-state index is -1.72. The van der Waals surface area contributed by atoms with Crippen molar-refractivity contribution in [3.63, 3.8) is 0 Å². The van der Waals surface area contributed by atoms with Crippen LogP contribution in [-0.2, 0) is 30.5 Å². The summed E-state index contributed by atoms with van der Waals surface area (Å²) in [5.41, 5.74) is -0.289. The van der Waals surface area contributed by atoms with Crippen LogP contribution < -0.4 is 9.47 Å². The van der Waals surface area contributed by atoms with Crippen LogP contribution in [0, 0.1) is 11.8 Å². The lowest BCUT2D eigenvalue weighted by Crippen LogP contribution is -2.55. The fourth-order valence-electron chi connectivity index (χ4n) is 4.63. The van der Waals surface area contributed by atoms with E-state index in [4.69, 9.17) is 18.9 Å². The largest absolute Gasteiger partial charge is 0.493 e. The standard InChI is InChI=1S/C27H32O8/c1-5-33-25(29)23-19(28)15-27(3,31)24(26(30)34-6-2)22(23)18-12-13-20(21(14-18)32-4)35-16-17-10-8-7-9-11-17/h7-14,22-24,31H,5-6,15-16H2,1-4H3/t22-,23+,24-,27-/m1/s1. The molecule has 0 aliphatic heterocycles. The van der Waals surface area contributed by atoms with Gasteiger partial charge in [0.2, 0.25) is 0 Å². The topological polar surface area (TPSA) is 108 Å². The zero-order valence-electron chi connectivity index (χ0n) is 20.5. The normalized spacial score (nSPS) is 23.9. The monoisotopic (exact) mass is 484 g/mol. The Morgan fingerprint density at radius 1 is 1.00 bits per heavy atom. The molecule has 0 heterocycles. The summed E-state index contributed by atoms with van der Waals surface area (Å²) in [5.74, 6) is -4.57. The number of hydrogen-bond acceptors (Lipinski definition) is 8. The Hall–Kier alpha value is -3.39. The second-order valence-corrected chi connectivity index (χ2v) is 8.67. The maximum atomic E-state index is 13.0. The summed E-state index contributed by atoms with van der Waals surface area (Å²) in [7, 11) is 1.47. The van der Waals surface area contributed by atoms with E-state index in [0.29, 0.717) is 23.7 Å². The minimum Gasteiger partial charge on any atom is -0.493 e. The number of benzene rings is 2. The van der Waals surface area contributed by atoms with Gasteiger partial charge in [0.25, 0.3) is 0 Å². The number of Topliss-reactive ketones (excluding diaryl/α,β-unsaturated/α-hetero) is 1. The zero-order valence-corrected chi connectivity index (χ0v) is 20.5. The lowest BCUT2D eigenvalue weighted by molar-refractivity contribution is -0.172. The Kier molecular flexibility index (Phi) is 8.51. The zero-order chi connectivity index (χ0) is 25.6. The molecule has 188 valence electrons. The molecule has 1 aliphatic carbocycles. The summed E-state index contributed by atoms with van der Waals surface area (Å²) < 4.78 is 21.9. The van der Waals surface area contributed by atoms with Crippen molar-refractivity contribution in [2.24, 2.45) is 11.8 Å². The van der Waals surface area contributed by atoms with Gasteiger partial charge < -0.3 is 24.1 Å². The number of methoxy groups -OCH3 is 1. The van der Waals surface area contributed by atoms with Crippen molar-refractivity contribution in [1.82, 2.24) is 0 Å². The predicted molar refractivity (Wildman–Crippen MR) is 127 cm³/mol. The van der Waals surface area contributed by atoms with E-state index < -0.39 is 41.1 Å². The molecule has 2 aromatic rings. The summed E-state index contributed by atoms with van der Waals surface area (Å²) in [6.45, 7) is 5.18. The highest BCUT2D eigenvalue weighted by Gasteiger charge is 2.57. The summed E-state index contributed by atoms with van der Waals surface area (Å²) in [5, 5.41) is 11.1. The number of ether oxygens (including phenoxy) is 4. The van der Waals surface area contributed by atoms with Gasteiger partial charge in [-0.25, -0.2) is 0 Å². The van der Waals surface area contributed by atoms with Crippen LogP contribution in [0.3, 0.4) is 0 Å². The van der Waals surface area contributed by atoms with Crippen LogP contribution in [0.5, 0.6) is 11.5 Å². The first-order chi connectivity index (χ1) is 16.7. The summed E-state index contributed by atoms with van der Waals surface area (Å²) in [6.07, 6.45) is -0.369. The first-order valence-electron chi connectivity index (χ1n) is 11.7. The third-order valence-electron chi connectivity index (χ3n) is 6.16. The third kappa shape index (κ3) is 5.82. The van der Waals surface area contributed by atoms with Crippen LogP contribution in [0.25, 0.3) is 0 Å². The molecule has 35 heavy (non-hydrogen) atoms. The van der Waals surface area contributed by atoms with E-state index in [1.165, 1.54) is 14.0 Å². The quantitative estimate of drug-likeness (QED) is 0.426. The van der Waals surface area contributed by atoms with E-state index in [2.05, 4.69) is 0 Å². The van der Waals surface area contributed by atoms with Crippen molar-refractivity contribution in [1.29, 1.82) is 0 Å². The highest BCUT2D eigenvalue weighted by Crippen LogP contribution is 2.48. The van der Waals surface area contributed by atoms with Crippen molar-refractivity contribution < 1.29 is 38.4 Å². The van der Waals surface area contributed by atoms with Gasteiger partial charge in [0.1, 0.15) is 12.5 Å². The maximum Gasteiger partial charge on any atom is 0.317 e. The van der Waals surface area contributed by atoms with Crippen LogP contribution in [0.15, 0.2) is 48.5 Å². The first-order valence-corrected chi connectivity index (χ1v) is 11.7. The lowest BCUT2D eigenvalue weighted by atomic mass is 9.61. The molecule has 1 N–H and O–H groups in total. The summed E-state index contributed by atoms with van der Waals surface area (Å²) in [6, 6.07) is 14.6. The average Bonchev–Trinajstić information content (AvgIpc) is 2.82. The molecule has 0 bridgehead atoms. The van der Waals surface area contributed by atoms with Gasteiger partial charge in [-0.15, -0.1) is 0 Å². The number of hydrogen-bond donors (Lipinski definition) is 1. The molecule has 0 amide bonds. The molecule has 0 spiro atoms. The summed E-state index contributed by atoms with van der Waals surface area (Å²) in [4.78, 5) is 38.9. The second kappa shape index (κ2) is 11.4. The van der Waals surface area contributed by atoms with Gasteiger partial charge in [-0.1, -0.05) is 36.4 Å². The van der Waals surface area contributed by atoms with Crippen molar-refractivity contribution >= 4 is 17.7 Å². The molecule has 2 aromatic carbocycles. The van der Waals surface area contributed by atoms with Crippen LogP contribution in [0.4, 0.5) is 0 Å². The van der Waals surface area contributed by atoms with Crippen molar-refractivity contribution in [2.75, 3.05) is 20.3 Å². The van der Waals surface area contributed by atoms with E-state index in [1.54, 1.807) is 32.0 Å². The fourth-order valence-corrected chi connectivity index (χ4v) is 4.63. The smallest absolute Gasteiger partial charge is 0.317 e. The molecular formula is C27H32O8. The van der Waals surface area contributed by atoms with Crippen molar-refractivity contribution in [3.05, 3.63) is 59.7 Å². The Morgan fingerprint density at radius 3 is 2.29 bits per heavy atom. The molecule has 8 heteroatoms. The number of carbonyl (C=O) groups excluding carboxylic acids is 3. The molecule has 0 aromatic heterocycles. The van der Waals surface area contributed by atoms with Crippen LogP contribution in [-0.4, -0.2) is 48.8 Å². The molecule has 3 rings (SSSR count). The number of ketones is 1. The minimum absolute atomic E-state index is 0.0748. The van der Waals surface area contributed by atoms with E-state index in [0.717, 1.165) is 5.56 Å². The molecule has 4 atom stereocenters. The lowest BCUT2D eigenvalue weighted by Gasteiger charge is -2.43. The SMILES string of the molecule is CCOC(=O)[C@H]1C(=O)C[C@@](C)(O)[C@@H](C(=O)OCC)[C@@H]1c1ccc(OCc2ccccc2)c(OC)c1. The van der Waals surface area contributed by atoms with Crippen LogP contribution in [0.1, 0.15) is 44.2 Å². The number of rotatable bonds is 9. The van der Waals surface area contributed by atoms with E-state index >= 15 is 0 Å². The second-order valence-electron chi connectivity index (χ2n) is 8.67. The molecule has 0 unspecified atom stereocenters. The first kappa shape index (κ1) is 26.2. The Morgan fingerprint density at radius 2 is 1.66 bits per heavy atom. The van der Waals surface area contributed by atoms with Crippen LogP contribution >= 0.6 is 0 Å². The van der Waals surface area contributed by atoms with Gasteiger partial charge in [0.15, 0.2) is 17.3 Å². The van der Waals surface area contributed by atoms with Gasteiger partial charge in [0, 0.05) is 12.3 Å². The Balaban J connectivity index is 2.04. The average molecular weight is 485 g/mol. The van der Waals surface area contributed by atoms with Crippen molar-refractivity contribution in [2.45, 2.75) is 45.3 Å². The van der Waals surface area contributed by atoms with Crippen molar-refractivity contribution in [3.8, 4) is 11.5 Å². The number of aliphatic hydroxyl groups is 1. The van der Waals surface area contributed by atoms with Gasteiger partial charge in [-0.2, -0.15) is 0 Å². The molecule has 0 saturated heterocycles. The third-order valence-corrected chi connectivity index (χ3v) is 6.16.